The Morgan fingerprint density at radius 3 is 2.62 bits per heavy atom. The minimum absolute atomic E-state index is 0.0753. The molecule has 7 heteroatoms. The lowest BCUT2D eigenvalue weighted by atomic mass is 10.1. The average molecular weight is 410 g/mol. The normalized spacial score (nSPS) is 10.4. The second-order valence-corrected chi connectivity index (χ2v) is 7.39. The zero-order valence-corrected chi connectivity index (χ0v) is 17.5. The summed E-state index contributed by atoms with van der Waals surface area (Å²) in [4.78, 5) is 30.7. The van der Waals surface area contributed by atoms with Crippen LogP contribution in [0, 0.1) is 0 Å². The number of nitrogens with one attached hydrogen (secondary N) is 1. The number of hydrogen-bond donors (Lipinski definition) is 1. The Morgan fingerprint density at radius 2 is 1.93 bits per heavy atom. The molecule has 29 heavy (non-hydrogen) atoms. The number of anilines is 1. The van der Waals surface area contributed by atoms with E-state index < -0.39 is 0 Å². The molecule has 6 nitrogen and oxygen atoms in total. The maximum Gasteiger partial charge on any atom is 0.273 e. The molecule has 3 rings (SSSR count). The Hall–Kier alpha value is -3.19. The Bertz CT molecular complexity index is 999. The van der Waals surface area contributed by atoms with Gasteiger partial charge in [0.25, 0.3) is 5.91 Å². The third-order valence-electron chi connectivity index (χ3n) is 4.41. The van der Waals surface area contributed by atoms with Crippen LogP contribution in [0.1, 0.15) is 23.0 Å². The number of hydrogen-bond acceptors (Lipinski definition) is 5. The third kappa shape index (κ3) is 5.20. The number of amides is 2. The summed E-state index contributed by atoms with van der Waals surface area (Å²) in [6, 6.07) is 15.2. The number of thiazole rings is 1. The highest BCUT2D eigenvalue weighted by molar-refractivity contribution is 7.13. The van der Waals surface area contributed by atoms with Crippen LogP contribution in [-0.2, 0) is 11.2 Å². The molecule has 1 heterocycles. The highest BCUT2D eigenvalue weighted by Gasteiger charge is 2.18. The predicted molar refractivity (Wildman–Crippen MR) is 116 cm³/mol. The topological polar surface area (TPSA) is 71.5 Å². The van der Waals surface area contributed by atoms with Gasteiger partial charge < -0.3 is 15.0 Å². The number of carbonyl (C=O) groups is 2. The number of methoxy groups -OCH3 is 1. The fraction of sp³-hybridized carbons (Fsp3) is 0.227. The Morgan fingerprint density at radius 1 is 1.17 bits per heavy atom. The second kappa shape index (κ2) is 9.34. The van der Waals surface area contributed by atoms with Crippen molar-refractivity contribution < 1.29 is 14.3 Å². The molecule has 1 N–H and O–H groups in total. The summed E-state index contributed by atoms with van der Waals surface area (Å²) in [5, 5.41) is 5.27. The van der Waals surface area contributed by atoms with Gasteiger partial charge in [0.1, 0.15) is 16.5 Å². The maximum absolute atomic E-state index is 12.6. The van der Waals surface area contributed by atoms with Crippen molar-refractivity contribution >= 4 is 28.8 Å². The van der Waals surface area contributed by atoms with Gasteiger partial charge in [-0.3, -0.25) is 9.59 Å². The predicted octanol–water partition coefficient (Wildman–Crippen LogP) is 4.09. The molecule has 0 saturated heterocycles. The molecular formula is C22H23N3O3S. The van der Waals surface area contributed by atoms with E-state index in [1.165, 1.54) is 21.8 Å². The summed E-state index contributed by atoms with van der Waals surface area (Å²) >= 11 is 1.41. The lowest BCUT2D eigenvalue weighted by molar-refractivity contribution is -0.116. The number of carbonyl (C=O) groups excluding carboxylic acids is 2. The summed E-state index contributed by atoms with van der Waals surface area (Å²) in [6.07, 6.45) is 0.977. The molecule has 0 atom stereocenters. The van der Waals surface area contributed by atoms with Crippen LogP contribution in [0.3, 0.4) is 0 Å². The average Bonchev–Trinajstić information content (AvgIpc) is 3.23. The maximum atomic E-state index is 12.6. The zero-order valence-electron chi connectivity index (χ0n) is 16.6. The van der Waals surface area contributed by atoms with E-state index >= 15 is 0 Å². The van der Waals surface area contributed by atoms with Crippen molar-refractivity contribution in [2.24, 2.45) is 0 Å². The zero-order chi connectivity index (χ0) is 20.8. The Labute approximate surface area is 174 Å². The first-order valence-electron chi connectivity index (χ1n) is 9.24. The van der Waals surface area contributed by atoms with Crippen molar-refractivity contribution in [3.63, 3.8) is 0 Å². The highest BCUT2D eigenvalue weighted by atomic mass is 32.1. The number of nitrogens with zero attached hydrogens (tertiary/aromatic N) is 2. The van der Waals surface area contributed by atoms with Gasteiger partial charge in [-0.05, 0) is 24.1 Å². The monoisotopic (exact) mass is 409 g/mol. The third-order valence-corrected chi connectivity index (χ3v) is 5.30. The van der Waals surface area contributed by atoms with Gasteiger partial charge in [-0.25, -0.2) is 4.98 Å². The van der Waals surface area contributed by atoms with E-state index in [0.29, 0.717) is 17.1 Å². The first-order chi connectivity index (χ1) is 14.0. The number of benzene rings is 2. The summed E-state index contributed by atoms with van der Waals surface area (Å²) in [5.74, 6) is 0.0624. The number of aryl methyl sites for hydroxylation is 1. The van der Waals surface area contributed by atoms with Crippen LogP contribution in [0.4, 0.5) is 5.69 Å². The lowest BCUT2D eigenvalue weighted by Gasteiger charge is -2.15. The van der Waals surface area contributed by atoms with E-state index in [-0.39, 0.29) is 18.4 Å². The Kier molecular flexibility index (Phi) is 6.61. The molecule has 150 valence electrons. The van der Waals surface area contributed by atoms with Gasteiger partial charge in [0.15, 0.2) is 0 Å². The molecule has 0 unspecified atom stereocenters. The minimum atomic E-state index is -0.293. The molecule has 0 radical (unpaired) electrons. The molecule has 0 saturated carbocycles. The summed E-state index contributed by atoms with van der Waals surface area (Å²) in [6.45, 7) is 2.03. The van der Waals surface area contributed by atoms with Gasteiger partial charge in [-0.2, -0.15) is 0 Å². The largest absolute Gasteiger partial charge is 0.497 e. The smallest absolute Gasteiger partial charge is 0.273 e. The van der Waals surface area contributed by atoms with Gasteiger partial charge >= 0.3 is 0 Å². The molecule has 0 aliphatic carbocycles. The van der Waals surface area contributed by atoms with Crippen LogP contribution in [0.2, 0.25) is 0 Å². The molecule has 0 fully saturated rings. The summed E-state index contributed by atoms with van der Waals surface area (Å²) in [5.41, 5.74) is 3.18. The van der Waals surface area contributed by atoms with E-state index in [1.807, 2.05) is 12.1 Å². The minimum Gasteiger partial charge on any atom is -0.497 e. The van der Waals surface area contributed by atoms with Crippen molar-refractivity contribution in [2.45, 2.75) is 13.3 Å². The standard InChI is InChI=1S/C22H23N3O3S/c1-4-15-8-10-16(11-9-15)21-24-19(14-29-21)22(27)25(2)13-20(26)23-17-6-5-7-18(12-17)28-3/h5-12,14H,4,13H2,1-3H3,(H,23,26). The fourth-order valence-corrected chi connectivity index (χ4v) is 3.57. The van der Waals surface area contributed by atoms with Crippen molar-refractivity contribution in [1.82, 2.24) is 9.88 Å². The van der Waals surface area contributed by atoms with Crippen LogP contribution in [0.25, 0.3) is 10.6 Å². The van der Waals surface area contributed by atoms with E-state index in [4.69, 9.17) is 4.74 Å². The molecule has 0 aliphatic heterocycles. The fourth-order valence-electron chi connectivity index (χ4n) is 2.77. The van der Waals surface area contributed by atoms with Crippen molar-refractivity contribution in [2.75, 3.05) is 26.0 Å². The van der Waals surface area contributed by atoms with Crippen molar-refractivity contribution in [1.29, 1.82) is 0 Å². The van der Waals surface area contributed by atoms with Gasteiger partial charge in [-0.1, -0.05) is 37.3 Å². The molecule has 0 bridgehead atoms. The van der Waals surface area contributed by atoms with Crippen LogP contribution in [0.5, 0.6) is 5.75 Å². The van der Waals surface area contributed by atoms with Crippen molar-refractivity contribution in [3.8, 4) is 16.3 Å². The van der Waals surface area contributed by atoms with Gasteiger partial charge in [0, 0.05) is 29.7 Å². The molecule has 2 aromatic carbocycles. The summed E-state index contributed by atoms with van der Waals surface area (Å²) < 4.78 is 5.14. The van der Waals surface area contributed by atoms with E-state index in [9.17, 15) is 9.59 Å². The summed E-state index contributed by atoms with van der Waals surface area (Å²) in [7, 11) is 3.15. The number of likely N-dealkylation sites (N-methyl/N-ethyl adjacent to an activating group) is 1. The highest BCUT2D eigenvalue weighted by Crippen LogP contribution is 2.24. The van der Waals surface area contributed by atoms with Gasteiger partial charge in [0.05, 0.1) is 13.7 Å². The Balaban J connectivity index is 1.62. The van der Waals surface area contributed by atoms with Crippen LogP contribution < -0.4 is 10.1 Å². The first kappa shape index (κ1) is 20.5. The van der Waals surface area contributed by atoms with E-state index in [0.717, 1.165) is 17.0 Å². The molecule has 1 aromatic heterocycles. The lowest BCUT2D eigenvalue weighted by Crippen LogP contribution is -2.35. The van der Waals surface area contributed by atoms with Gasteiger partial charge in [0.2, 0.25) is 5.91 Å². The van der Waals surface area contributed by atoms with E-state index in [2.05, 4.69) is 29.4 Å². The molecule has 0 aliphatic rings. The quantitative estimate of drug-likeness (QED) is 0.638. The molecular weight excluding hydrogens is 386 g/mol. The number of rotatable bonds is 7. The van der Waals surface area contributed by atoms with Crippen molar-refractivity contribution in [3.05, 3.63) is 65.2 Å². The van der Waals surface area contributed by atoms with E-state index in [1.54, 1.807) is 43.8 Å². The molecule has 0 spiro atoms. The molecule has 2 amide bonds. The second-order valence-electron chi connectivity index (χ2n) is 6.53. The van der Waals surface area contributed by atoms with Crippen LogP contribution in [0.15, 0.2) is 53.9 Å². The SMILES string of the molecule is CCc1ccc(-c2nc(C(=O)N(C)CC(=O)Nc3cccc(OC)c3)cs2)cc1. The first-order valence-corrected chi connectivity index (χ1v) is 10.1. The van der Waals surface area contributed by atoms with Crippen LogP contribution >= 0.6 is 11.3 Å². The molecule has 3 aromatic rings. The van der Waals surface area contributed by atoms with Crippen LogP contribution in [-0.4, -0.2) is 42.4 Å². The number of aromatic nitrogens is 1. The number of ether oxygens (including phenoxy) is 1. The van der Waals surface area contributed by atoms with Gasteiger partial charge in [-0.15, -0.1) is 11.3 Å².